The van der Waals surface area contributed by atoms with E-state index in [0.717, 1.165) is 22.9 Å². The van der Waals surface area contributed by atoms with Crippen molar-refractivity contribution < 1.29 is 4.79 Å². The number of benzene rings is 2. The van der Waals surface area contributed by atoms with Crippen molar-refractivity contribution >= 4 is 39.4 Å². The highest BCUT2D eigenvalue weighted by atomic mass is 79.9. The fourth-order valence-electron chi connectivity index (χ4n) is 5.16. The number of aromatic nitrogens is 3. The molecule has 1 N–H and O–H groups in total. The van der Waals surface area contributed by atoms with Gasteiger partial charge in [0.15, 0.2) is 5.65 Å². The standard InChI is InChI=1S/C27H24BrN5O/c28-23-18-31-33-24(29-16-19-6-2-1-3-7-19)21(17-30-25(23)33)26(34)32-14-12-27(13-15-32)11-10-20-8-4-5-9-22(20)27/h1-11,17-18,29H,12-16H2. The molecule has 170 valence electrons. The molecular formula is C27H24BrN5O. The minimum Gasteiger partial charge on any atom is -0.365 e. The Morgan fingerprint density at radius 2 is 1.79 bits per heavy atom. The molecule has 6 rings (SSSR count). The number of carbonyl (C=O) groups excluding carboxylic acids is 1. The summed E-state index contributed by atoms with van der Waals surface area (Å²) in [6.07, 6.45) is 9.78. The summed E-state index contributed by atoms with van der Waals surface area (Å²) in [4.78, 5) is 20.2. The second-order valence-corrected chi connectivity index (χ2v) is 9.81. The van der Waals surface area contributed by atoms with Gasteiger partial charge < -0.3 is 10.2 Å². The highest BCUT2D eigenvalue weighted by Crippen LogP contribution is 2.43. The van der Waals surface area contributed by atoms with Crippen LogP contribution in [0.3, 0.4) is 0 Å². The monoisotopic (exact) mass is 513 g/mol. The zero-order valence-electron chi connectivity index (χ0n) is 18.6. The summed E-state index contributed by atoms with van der Waals surface area (Å²) in [5, 5.41) is 7.91. The van der Waals surface area contributed by atoms with Crippen LogP contribution in [0.25, 0.3) is 11.7 Å². The van der Waals surface area contributed by atoms with Gasteiger partial charge in [0.1, 0.15) is 11.4 Å². The summed E-state index contributed by atoms with van der Waals surface area (Å²) in [5.41, 5.74) is 5.07. The number of nitrogens with one attached hydrogen (secondary N) is 1. The maximum absolute atomic E-state index is 13.7. The molecule has 34 heavy (non-hydrogen) atoms. The van der Waals surface area contributed by atoms with E-state index in [1.165, 1.54) is 11.1 Å². The fourth-order valence-corrected chi connectivity index (χ4v) is 5.52. The first kappa shape index (κ1) is 21.1. The van der Waals surface area contributed by atoms with E-state index in [4.69, 9.17) is 0 Å². The van der Waals surface area contributed by atoms with Gasteiger partial charge >= 0.3 is 0 Å². The van der Waals surface area contributed by atoms with Gasteiger partial charge in [0.25, 0.3) is 5.91 Å². The average molecular weight is 514 g/mol. The van der Waals surface area contributed by atoms with Gasteiger partial charge in [-0.2, -0.15) is 9.61 Å². The van der Waals surface area contributed by atoms with Crippen molar-refractivity contribution in [1.82, 2.24) is 19.5 Å². The smallest absolute Gasteiger partial charge is 0.259 e. The van der Waals surface area contributed by atoms with E-state index < -0.39 is 0 Å². The Kier molecular flexibility index (Phi) is 5.21. The molecule has 1 fully saturated rings. The topological polar surface area (TPSA) is 62.5 Å². The minimum absolute atomic E-state index is 0.0123. The second kappa shape index (κ2) is 8.40. The Morgan fingerprint density at radius 1 is 1.03 bits per heavy atom. The maximum Gasteiger partial charge on any atom is 0.259 e. The lowest BCUT2D eigenvalue weighted by Crippen LogP contribution is -2.44. The van der Waals surface area contributed by atoms with Gasteiger partial charge in [0.05, 0.1) is 10.7 Å². The van der Waals surface area contributed by atoms with Crippen LogP contribution in [0.1, 0.15) is 39.9 Å². The summed E-state index contributed by atoms with van der Waals surface area (Å²) in [6.45, 7) is 2.00. The van der Waals surface area contributed by atoms with Gasteiger partial charge in [0, 0.05) is 31.2 Å². The number of carbonyl (C=O) groups is 1. The summed E-state index contributed by atoms with van der Waals surface area (Å²) < 4.78 is 2.50. The van der Waals surface area contributed by atoms with Crippen LogP contribution in [0.15, 0.2) is 77.5 Å². The molecule has 0 saturated carbocycles. The van der Waals surface area contributed by atoms with E-state index in [-0.39, 0.29) is 11.3 Å². The van der Waals surface area contributed by atoms with Crippen LogP contribution in [0.4, 0.5) is 5.82 Å². The molecule has 2 aromatic carbocycles. The molecule has 1 saturated heterocycles. The zero-order valence-corrected chi connectivity index (χ0v) is 20.2. The molecule has 4 aromatic rings. The Labute approximate surface area is 206 Å². The van der Waals surface area contributed by atoms with Gasteiger partial charge in [-0.15, -0.1) is 0 Å². The van der Waals surface area contributed by atoms with Crippen LogP contribution in [-0.2, 0) is 12.0 Å². The average Bonchev–Trinajstić information content (AvgIpc) is 3.44. The van der Waals surface area contributed by atoms with Crippen molar-refractivity contribution in [3.05, 3.63) is 99.8 Å². The SMILES string of the molecule is O=C(c1cnc2c(Br)cnn2c1NCc1ccccc1)N1CCC2(C=Cc3ccccc32)CC1. The van der Waals surface area contributed by atoms with Crippen molar-refractivity contribution in [2.45, 2.75) is 24.8 Å². The number of fused-ring (bicyclic) bond motifs is 3. The number of allylic oxidation sites excluding steroid dienone is 1. The number of hydrogen-bond acceptors (Lipinski definition) is 4. The number of hydrogen-bond donors (Lipinski definition) is 1. The third-order valence-corrected chi connectivity index (χ3v) is 7.60. The summed E-state index contributed by atoms with van der Waals surface area (Å²) in [5.74, 6) is 0.651. The number of likely N-dealkylation sites (tertiary alicyclic amines) is 1. The Bertz CT molecular complexity index is 1400. The lowest BCUT2D eigenvalue weighted by Gasteiger charge is -2.39. The molecule has 1 spiro atoms. The summed E-state index contributed by atoms with van der Waals surface area (Å²) in [7, 11) is 0. The van der Waals surface area contributed by atoms with Crippen molar-refractivity contribution in [1.29, 1.82) is 0 Å². The van der Waals surface area contributed by atoms with Gasteiger partial charge in [-0.1, -0.05) is 66.7 Å². The molecule has 1 amide bonds. The van der Waals surface area contributed by atoms with Gasteiger partial charge in [-0.05, 0) is 45.5 Å². The fraction of sp³-hybridized carbons (Fsp3) is 0.222. The molecule has 1 aliphatic heterocycles. The molecule has 0 bridgehead atoms. The van der Waals surface area contributed by atoms with Crippen LogP contribution < -0.4 is 5.32 Å². The van der Waals surface area contributed by atoms with Crippen LogP contribution in [-0.4, -0.2) is 38.5 Å². The Balaban J connectivity index is 1.27. The predicted molar refractivity (Wildman–Crippen MR) is 137 cm³/mol. The van der Waals surface area contributed by atoms with Gasteiger partial charge in [0.2, 0.25) is 0 Å². The summed E-state index contributed by atoms with van der Waals surface area (Å²) in [6, 6.07) is 18.7. The van der Waals surface area contributed by atoms with Crippen molar-refractivity contribution in [2.75, 3.05) is 18.4 Å². The molecule has 0 unspecified atom stereocenters. The lowest BCUT2D eigenvalue weighted by atomic mass is 9.74. The largest absolute Gasteiger partial charge is 0.365 e. The predicted octanol–water partition coefficient (Wildman–Crippen LogP) is 5.30. The first-order valence-corrected chi connectivity index (χ1v) is 12.3. The quantitative estimate of drug-likeness (QED) is 0.401. The van der Waals surface area contributed by atoms with E-state index in [0.29, 0.717) is 36.7 Å². The molecule has 6 nitrogen and oxygen atoms in total. The number of anilines is 1. The van der Waals surface area contributed by atoms with Gasteiger partial charge in [-0.25, -0.2) is 4.98 Å². The number of rotatable bonds is 4. The zero-order chi connectivity index (χ0) is 23.1. The van der Waals surface area contributed by atoms with Crippen molar-refractivity contribution in [2.24, 2.45) is 0 Å². The minimum atomic E-state index is -0.0123. The molecule has 0 atom stereocenters. The number of piperidine rings is 1. The van der Waals surface area contributed by atoms with Crippen LogP contribution in [0.2, 0.25) is 0 Å². The highest BCUT2D eigenvalue weighted by molar-refractivity contribution is 9.10. The van der Waals surface area contributed by atoms with Crippen LogP contribution >= 0.6 is 15.9 Å². The molecular weight excluding hydrogens is 490 g/mol. The van der Waals surface area contributed by atoms with E-state index >= 15 is 0 Å². The van der Waals surface area contributed by atoms with Gasteiger partial charge in [-0.3, -0.25) is 4.79 Å². The van der Waals surface area contributed by atoms with E-state index in [1.807, 2.05) is 23.1 Å². The second-order valence-electron chi connectivity index (χ2n) is 8.96. The first-order valence-electron chi connectivity index (χ1n) is 11.5. The Hall–Kier alpha value is -3.45. The molecule has 2 aliphatic rings. The van der Waals surface area contributed by atoms with Crippen molar-refractivity contribution in [3.63, 3.8) is 0 Å². The number of halogens is 1. The third-order valence-electron chi connectivity index (χ3n) is 7.04. The number of amides is 1. The summed E-state index contributed by atoms with van der Waals surface area (Å²) >= 11 is 3.51. The molecule has 3 heterocycles. The van der Waals surface area contributed by atoms with Crippen LogP contribution in [0, 0.1) is 0 Å². The highest BCUT2D eigenvalue weighted by Gasteiger charge is 2.39. The molecule has 2 aromatic heterocycles. The molecule has 7 heteroatoms. The van der Waals surface area contributed by atoms with E-state index in [9.17, 15) is 4.79 Å². The van der Waals surface area contributed by atoms with Crippen molar-refractivity contribution in [3.8, 4) is 0 Å². The third kappa shape index (κ3) is 3.51. The van der Waals surface area contributed by atoms with Crippen LogP contribution in [0.5, 0.6) is 0 Å². The molecule has 1 aliphatic carbocycles. The molecule has 0 radical (unpaired) electrons. The lowest BCUT2D eigenvalue weighted by molar-refractivity contribution is 0.0690. The van der Waals surface area contributed by atoms with E-state index in [1.54, 1.807) is 16.9 Å². The van der Waals surface area contributed by atoms with E-state index in [2.05, 4.69) is 79.9 Å². The number of nitrogens with zero attached hydrogens (tertiary/aromatic N) is 4. The Morgan fingerprint density at radius 3 is 2.62 bits per heavy atom. The normalized spacial score (nSPS) is 16.2. The first-order chi connectivity index (χ1) is 16.6. The maximum atomic E-state index is 13.7.